The third-order valence-electron chi connectivity index (χ3n) is 2.87. The molecule has 0 aromatic carbocycles. The first-order valence-corrected chi connectivity index (χ1v) is 8.03. The predicted octanol–water partition coefficient (Wildman–Crippen LogP) is 2.32. The lowest BCUT2D eigenvalue weighted by atomic mass is 10.2. The molecular weight excluding hydrogens is 314 g/mol. The van der Waals surface area contributed by atoms with Crippen LogP contribution in [0.4, 0.5) is 4.79 Å². The van der Waals surface area contributed by atoms with Gasteiger partial charge >= 0.3 is 6.09 Å². The van der Waals surface area contributed by atoms with Gasteiger partial charge in [-0.15, -0.1) is 16.8 Å². The van der Waals surface area contributed by atoms with Gasteiger partial charge in [-0.2, -0.15) is 0 Å². The number of amides is 1. The number of ether oxygens (including phenoxy) is 1. The van der Waals surface area contributed by atoms with Crippen molar-refractivity contribution >= 4 is 17.9 Å². The third-order valence-corrected chi connectivity index (χ3v) is 3.80. The van der Waals surface area contributed by atoms with Crippen LogP contribution in [0.2, 0.25) is 0 Å². The second kappa shape index (κ2) is 8.33. The Bertz CT molecular complexity index is 657. The monoisotopic (exact) mass is 333 g/mol. The molecule has 2 heterocycles. The van der Waals surface area contributed by atoms with Crippen LogP contribution < -0.4 is 0 Å². The lowest BCUT2D eigenvalue weighted by Crippen LogP contribution is -2.23. The molecule has 0 N–H and O–H groups in total. The topological polar surface area (TPSA) is 73.1 Å². The second-order valence-corrected chi connectivity index (χ2v) is 5.86. The molecule has 0 saturated carbocycles. The van der Waals surface area contributed by atoms with Crippen LogP contribution in [0.15, 0.2) is 42.3 Å². The first-order chi connectivity index (χ1) is 11.1. The van der Waals surface area contributed by atoms with E-state index in [0.29, 0.717) is 18.9 Å². The minimum Gasteiger partial charge on any atom is -0.449 e. The van der Waals surface area contributed by atoms with Crippen molar-refractivity contribution in [2.24, 2.45) is 0 Å². The first kappa shape index (κ1) is 17.0. The maximum atomic E-state index is 11.4. The molecule has 0 spiro atoms. The van der Waals surface area contributed by atoms with Crippen LogP contribution in [-0.2, 0) is 11.3 Å². The molecule has 2 aromatic heterocycles. The SMILES string of the molecule is C=CCn1c(SCCOC(=O)N(C)C)nnc1-c1ccncc1. The highest BCUT2D eigenvalue weighted by molar-refractivity contribution is 7.99. The molecule has 0 aliphatic carbocycles. The van der Waals surface area contributed by atoms with Gasteiger partial charge in [-0.25, -0.2) is 4.79 Å². The lowest BCUT2D eigenvalue weighted by Gasteiger charge is -2.11. The molecule has 8 heteroatoms. The van der Waals surface area contributed by atoms with E-state index in [1.54, 1.807) is 32.6 Å². The summed E-state index contributed by atoms with van der Waals surface area (Å²) in [5.41, 5.74) is 0.945. The van der Waals surface area contributed by atoms with E-state index in [9.17, 15) is 4.79 Å². The fraction of sp³-hybridized carbons (Fsp3) is 0.333. The summed E-state index contributed by atoms with van der Waals surface area (Å²) in [6.07, 6.45) is 4.88. The summed E-state index contributed by atoms with van der Waals surface area (Å²) in [6.45, 7) is 4.69. The van der Waals surface area contributed by atoms with E-state index < -0.39 is 0 Å². The van der Waals surface area contributed by atoms with Crippen molar-refractivity contribution in [3.63, 3.8) is 0 Å². The molecule has 0 bridgehead atoms. The molecule has 122 valence electrons. The number of carbonyl (C=O) groups excluding carboxylic acids is 1. The van der Waals surface area contributed by atoms with Gasteiger partial charge < -0.3 is 9.64 Å². The molecule has 2 aromatic rings. The third kappa shape index (κ3) is 4.56. The minimum absolute atomic E-state index is 0.313. The quantitative estimate of drug-likeness (QED) is 0.440. The van der Waals surface area contributed by atoms with Crippen LogP contribution in [0.5, 0.6) is 0 Å². The normalized spacial score (nSPS) is 10.3. The van der Waals surface area contributed by atoms with E-state index in [-0.39, 0.29) is 6.09 Å². The Balaban J connectivity index is 2.03. The zero-order chi connectivity index (χ0) is 16.7. The van der Waals surface area contributed by atoms with Crippen molar-refractivity contribution in [3.8, 4) is 11.4 Å². The molecule has 0 saturated heterocycles. The Morgan fingerprint density at radius 2 is 2.13 bits per heavy atom. The summed E-state index contributed by atoms with van der Waals surface area (Å²) in [7, 11) is 3.30. The van der Waals surface area contributed by atoms with Crippen molar-refractivity contribution in [2.45, 2.75) is 11.7 Å². The van der Waals surface area contributed by atoms with Gasteiger partial charge in [-0.05, 0) is 12.1 Å². The van der Waals surface area contributed by atoms with E-state index in [2.05, 4.69) is 21.8 Å². The van der Waals surface area contributed by atoms with Crippen molar-refractivity contribution in [1.29, 1.82) is 0 Å². The van der Waals surface area contributed by atoms with E-state index in [0.717, 1.165) is 16.5 Å². The Morgan fingerprint density at radius 3 is 2.78 bits per heavy atom. The van der Waals surface area contributed by atoms with Crippen LogP contribution in [0.1, 0.15) is 0 Å². The molecule has 1 amide bonds. The summed E-state index contributed by atoms with van der Waals surface area (Å²) >= 11 is 1.49. The van der Waals surface area contributed by atoms with Crippen molar-refractivity contribution < 1.29 is 9.53 Å². The number of nitrogens with zero attached hydrogens (tertiary/aromatic N) is 5. The van der Waals surface area contributed by atoms with E-state index in [4.69, 9.17) is 4.74 Å². The molecule has 0 atom stereocenters. The fourth-order valence-electron chi connectivity index (χ4n) is 1.79. The highest BCUT2D eigenvalue weighted by Crippen LogP contribution is 2.23. The number of hydrogen-bond acceptors (Lipinski definition) is 6. The molecule has 0 unspecified atom stereocenters. The summed E-state index contributed by atoms with van der Waals surface area (Å²) in [6, 6.07) is 3.77. The van der Waals surface area contributed by atoms with Crippen LogP contribution in [0.3, 0.4) is 0 Å². The Hall–Kier alpha value is -2.35. The zero-order valence-corrected chi connectivity index (χ0v) is 14.0. The molecule has 0 radical (unpaired) electrons. The van der Waals surface area contributed by atoms with Gasteiger partial charge in [-0.3, -0.25) is 9.55 Å². The number of pyridine rings is 1. The van der Waals surface area contributed by atoms with Gasteiger partial charge in [-0.1, -0.05) is 17.8 Å². The average Bonchev–Trinajstić information content (AvgIpc) is 2.95. The molecule has 0 aliphatic heterocycles. The number of carbonyl (C=O) groups is 1. The largest absolute Gasteiger partial charge is 0.449 e. The maximum Gasteiger partial charge on any atom is 0.409 e. The summed E-state index contributed by atoms with van der Waals surface area (Å²) in [4.78, 5) is 16.8. The number of allylic oxidation sites excluding steroid dienone is 1. The van der Waals surface area contributed by atoms with Gasteiger partial charge in [0.25, 0.3) is 0 Å². The van der Waals surface area contributed by atoms with E-state index >= 15 is 0 Å². The van der Waals surface area contributed by atoms with Crippen molar-refractivity contribution in [1.82, 2.24) is 24.6 Å². The molecule has 2 rings (SSSR count). The first-order valence-electron chi connectivity index (χ1n) is 7.05. The molecular formula is C15H19N5O2S. The lowest BCUT2D eigenvalue weighted by molar-refractivity contribution is 0.125. The van der Waals surface area contributed by atoms with Crippen molar-refractivity contribution in [3.05, 3.63) is 37.2 Å². The van der Waals surface area contributed by atoms with Gasteiger partial charge in [0, 0.05) is 44.4 Å². The number of rotatable bonds is 7. The van der Waals surface area contributed by atoms with E-state index in [1.807, 2.05) is 16.7 Å². The van der Waals surface area contributed by atoms with Crippen LogP contribution in [0.25, 0.3) is 11.4 Å². The van der Waals surface area contributed by atoms with Gasteiger partial charge in [0.15, 0.2) is 11.0 Å². The number of hydrogen-bond donors (Lipinski definition) is 0. The maximum absolute atomic E-state index is 11.4. The molecule has 7 nitrogen and oxygen atoms in total. The highest BCUT2D eigenvalue weighted by Gasteiger charge is 2.13. The van der Waals surface area contributed by atoms with Gasteiger partial charge in [0.05, 0.1) is 0 Å². The van der Waals surface area contributed by atoms with Gasteiger partial charge in [0.2, 0.25) is 0 Å². The molecule has 23 heavy (non-hydrogen) atoms. The van der Waals surface area contributed by atoms with E-state index in [1.165, 1.54) is 16.7 Å². The number of aromatic nitrogens is 4. The number of thioether (sulfide) groups is 1. The van der Waals surface area contributed by atoms with Crippen molar-refractivity contribution in [2.75, 3.05) is 26.5 Å². The average molecular weight is 333 g/mol. The van der Waals surface area contributed by atoms with Crippen LogP contribution in [-0.4, -0.2) is 57.2 Å². The van der Waals surface area contributed by atoms with Crippen LogP contribution >= 0.6 is 11.8 Å². The fourth-order valence-corrected chi connectivity index (χ4v) is 2.56. The minimum atomic E-state index is -0.351. The summed E-state index contributed by atoms with van der Waals surface area (Å²) in [5, 5.41) is 9.23. The Kier molecular flexibility index (Phi) is 6.16. The Labute approximate surface area is 139 Å². The predicted molar refractivity (Wildman–Crippen MR) is 89.2 cm³/mol. The summed E-state index contributed by atoms with van der Waals surface area (Å²) in [5.74, 6) is 1.37. The second-order valence-electron chi connectivity index (χ2n) is 4.80. The summed E-state index contributed by atoms with van der Waals surface area (Å²) < 4.78 is 7.07. The Morgan fingerprint density at radius 1 is 1.39 bits per heavy atom. The van der Waals surface area contributed by atoms with Gasteiger partial charge in [0.1, 0.15) is 6.61 Å². The highest BCUT2D eigenvalue weighted by atomic mass is 32.2. The zero-order valence-electron chi connectivity index (χ0n) is 13.2. The molecule has 0 fully saturated rings. The smallest absolute Gasteiger partial charge is 0.409 e. The molecule has 0 aliphatic rings. The standard InChI is InChI=1S/C15H19N5O2S/c1-4-9-20-13(12-5-7-16-8-6-12)17-18-14(20)23-11-10-22-15(21)19(2)3/h4-8H,1,9-11H2,2-3H3. The van der Waals surface area contributed by atoms with Crippen LogP contribution in [0, 0.1) is 0 Å².